The summed E-state index contributed by atoms with van der Waals surface area (Å²) >= 11 is -2.27. The van der Waals surface area contributed by atoms with Crippen LogP contribution in [0.5, 0.6) is 5.75 Å². The van der Waals surface area contributed by atoms with Crippen molar-refractivity contribution in [3.8, 4) is 5.75 Å². The predicted molar refractivity (Wildman–Crippen MR) is 166 cm³/mol. The summed E-state index contributed by atoms with van der Waals surface area (Å²) in [7, 11) is -9.12. The summed E-state index contributed by atoms with van der Waals surface area (Å²) in [5.74, 6) is -0.636. The first-order valence-electron chi connectivity index (χ1n) is 12.1. The van der Waals surface area contributed by atoms with Crippen molar-refractivity contribution in [1.29, 1.82) is 0 Å². The molecule has 0 fully saturated rings. The molecule has 1 atom stereocenters. The predicted octanol–water partition coefficient (Wildman–Crippen LogP) is 6.75. The van der Waals surface area contributed by atoms with Gasteiger partial charge >= 0.3 is 0 Å². The van der Waals surface area contributed by atoms with Gasteiger partial charge in [-0.15, -0.1) is 15.3 Å². The van der Waals surface area contributed by atoms with Gasteiger partial charge in [0.25, 0.3) is 20.2 Å². The highest BCUT2D eigenvalue weighted by atomic mass is 32.2. The molecule has 5 aromatic rings. The van der Waals surface area contributed by atoms with Gasteiger partial charge in [0.05, 0.1) is 32.5 Å². The normalized spacial score (nSPS) is 13.3. The zero-order valence-corrected chi connectivity index (χ0v) is 25.5. The average Bonchev–Trinajstić information content (AvgIpc) is 2.98. The van der Waals surface area contributed by atoms with Gasteiger partial charge in [-0.25, -0.2) is 4.21 Å². The fourth-order valence-electron chi connectivity index (χ4n) is 4.27. The van der Waals surface area contributed by atoms with E-state index in [-0.39, 0.29) is 32.7 Å². The molecule has 232 valence electrons. The van der Waals surface area contributed by atoms with Crippen LogP contribution < -0.4 is 5.73 Å². The number of azo groups is 2. The Bertz CT molecular complexity index is 2310. The molecule has 7 N–H and O–H groups in total. The van der Waals surface area contributed by atoms with Crippen LogP contribution in [0.2, 0.25) is 0 Å². The van der Waals surface area contributed by atoms with Crippen LogP contribution in [-0.4, -0.2) is 44.4 Å². The molecule has 0 aromatic heterocycles. The Morgan fingerprint density at radius 2 is 1.38 bits per heavy atom. The van der Waals surface area contributed by atoms with Gasteiger partial charge in [-0.3, -0.25) is 9.11 Å². The van der Waals surface area contributed by atoms with Crippen LogP contribution >= 0.6 is 12.0 Å². The van der Waals surface area contributed by atoms with Gasteiger partial charge in [-0.05, 0) is 72.1 Å². The molecule has 19 heteroatoms. The van der Waals surface area contributed by atoms with Crippen molar-refractivity contribution >= 4 is 93.3 Å². The number of hydrogen-bond donors (Lipinski definition) is 6. The van der Waals surface area contributed by atoms with Crippen molar-refractivity contribution in [2.75, 3.05) is 5.73 Å². The lowest BCUT2D eigenvalue weighted by Crippen LogP contribution is -2.03. The summed E-state index contributed by atoms with van der Waals surface area (Å²) in [6.45, 7) is 0. The van der Waals surface area contributed by atoms with Crippen LogP contribution in [0.1, 0.15) is 0 Å². The molecule has 0 aliphatic rings. The molecule has 0 aliphatic carbocycles. The van der Waals surface area contributed by atoms with E-state index in [1.807, 2.05) is 0 Å². The molecule has 0 heterocycles. The van der Waals surface area contributed by atoms with E-state index in [2.05, 4.69) is 20.5 Å². The van der Waals surface area contributed by atoms with Gasteiger partial charge in [-0.2, -0.15) is 21.9 Å². The van der Waals surface area contributed by atoms with Gasteiger partial charge in [0, 0.05) is 33.1 Å². The van der Waals surface area contributed by atoms with Gasteiger partial charge < -0.3 is 19.9 Å². The Labute approximate surface area is 261 Å². The molecule has 0 amide bonds. The van der Waals surface area contributed by atoms with Crippen molar-refractivity contribution in [2.45, 2.75) is 19.6 Å². The van der Waals surface area contributed by atoms with Gasteiger partial charge in [0.2, 0.25) is 0 Å². The Hall–Kier alpha value is -4.34. The van der Waals surface area contributed by atoms with Crippen molar-refractivity contribution in [2.24, 2.45) is 20.5 Å². The Morgan fingerprint density at radius 1 is 0.733 bits per heavy atom. The standard InChI is InChI=1S/C26H19N5O10S4/c27-20-12-18-13(10-24(20)45(39,40)41)9-23(43(34)35)25(26(18)32)31-30-22-8-7-21(17-6-3-15(42-33)11-19(17)22)29-28-14-1-4-16(5-2-14)44(36,37)38/h1-12,32-33H,27H2,(H,34,35)(H,36,37,38)(H,39,40,41). The number of fused-ring (bicyclic) bond motifs is 2. The van der Waals surface area contributed by atoms with Crippen molar-refractivity contribution in [1.82, 2.24) is 0 Å². The molecule has 5 rings (SSSR count). The van der Waals surface area contributed by atoms with Crippen LogP contribution in [0, 0.1) is 0 Å². The van der Waals surface area contributed by atoms with E-state index in [4.69, 9.17) is 10.3 Å². The average molecular weight is 690 g/mol. The zero-order valence-electron chi connectivity index (χ0n) is 22.2. The molecular formula is C26H19N5O10S4. The number of nitrogens with zero attached hydrogens (tertiary/aromatic N) is 4. The topological polar surface area (TPSA) is 262 Å². The Morgan fingerprint density at radius 3 is 1.98 bits per heavy atom. The summed E-state index contributed by atoms with van der Waals surface area (Å²) in [4.78, 5) is -0.969. The maximum Gasteiger partial charge on any atom is 0.296 e. The number of phenols is 1. The van der Waals surface area contributed by atoms with Crippen LogP contribution in [0.4, 0.5) is 28.4 Å². The smallest absolute Gasteiger partial charge is 0.296 e. The first-order chi connectivity index (χ1) is 21.2. The molecule has 0 saturated heterocycles. The lowest BCUT2D eigenvalue weighted by atomic mass is 10.1. The van der Waals surface area contributed by atoms with E-state index in [1.165, 1.54) is 24.3 Å². The Kier molecular flexibility index (Phi) is 8.70. The highest BCUT2D eigenvalue weighted by molar-refractivity contribution is 7.93. The summed E-state index contributed by atoms with van der Waals surface area (Å²) in [6, 6.07) is 15.9. The third-order valence-corrected chi connectivity index (χ3v) is 9.29. The molecule has 0 spiro atoms. The highest BCUT2D eigenvalue weighted by Gasteiger charge is 2.21. The number of phenolic OH excluding ortho intramolecular Hbond substituents is 1. The number of hydrogen-bond acceptors (Lipinski definition) is 13. The third kappa shape index (κ3) is 6.70. The second-order valence-corrected chi connectivity index (χ2v) is 13.6. The van der Waals surface area contributed by atoms with Gasteiger partial charge in [-0.1, -0.05) is 6.07 Å². The molecule has 0 saturated carbocycles. The van der Waals surface area contributed by atoms with Crippen LogP contribution in [0.25, 0.3) is 21.5 Å². The van der Waals surface area contributed by atoms with Gasteiger partial charge in [0.15, 0.2) is 16.8 Å². The number of nitrogen functional groups attached to an aromatic ring is 1. The quantitative estimate of drug-likeness (QED) is 0.0325. The minimum absolute atomic E-state index is 0.0249. The van der Waals surface area contributed by atoms with E-state index in [0.29, 0.717) is 33.4 Å². The lowest BCUT2D eigenvalue weighted by molar-refractivity contribution is 0.479. The van der Waals surface area contributed by atoms with Crippen LogP contribution in [-0.2, 0) is 31.3 Å². The van der Waals surface area contributed by atoms with E-state index in [9.17, 15) is 39.8 Å². The number of nitrogens with two attached hydrogens (primary N) is 1. The fourth-order valence-corrected chi connectivity index (χ4v) is 6.21. The summed E-state index contributed by atoms with van der Waals surface area (Å²) in [5.41, 5.74) is 5.76. The summed E-state index contributed by atoms with van der Waals surface area (Å²) < 4.78 is 96.2. The zero-order chi connectivity index (χ0) is 32.7. The summed E-state index contributed by atoms with van der Waals surface area (Å²) in [5, 5.41) is 28.3. The maximum atomic E-state index is 12.2. The van der Waals surface area contributed by atoms with E-state index < -0.39 is 52.5 Å². The van der Waals surface area contributed by atoms with E-state index in [0.717, 1.165) is 30.3 Å². The number of anilines is 1. The molecule has 45 heavy (non-hydrogen) atoms. The molecule has 5 aromatic carbocycles. The van der Waals surface area contributed by atoms with E-state index in [1.54, 1.807) is 18.2 Å². The van der Waals surface area contributed by atoms with Crippen LogP contribution in [0.15, 0.2) is 113 Å². The van der Waals surface area contributed by atoms with E-state index >= 15 is 0 Å². The van der Waals surface area contributed by atoms with Crippen molar-refractivity contribution < 1.29 is 44.4 Å². The largest absolute Gasteiger partial charge is 0.505 e. The minimum atomic E-state index is -4.74. The second-order valence-electron chi connectivity index (χ2n) is 9.18. The molecule has 0 aliphatic heterocycles. The highest BCUT2D eigenvalue weighted by Crippen LogP contribution is 2.43. The maximum absolute atomic E-state index is 12.2. The SMILES string of the molecule is Nc1cc2c(O)c(N=Nc3ccc(N=Nc4ccc(S(=O)(=O)O)cc4)c4ccc(SO)cc34)c(S(=O)O)cc2cc1S(=O)(=O)O. The first-order valence-corrected chi connectivity index (χ1v) is 16.9. The monoisotopic (exact) mass is 689 g/mol. The third-order valence-electron chi connectivity index (χ3n) is 6.36. The number of aromatic hydroxyl groups is 1. The van der Waals surface area contributed by atoms with Crippen LogP contribution in [0.3, 0.4) is 0 Å². The summed E-state index contributed by atoms with van der Waals surface area (Å²) in [6.07, 6.45) is 0. The molecule has 0 radical (unpaired) electrons. The first kappa shape index (κ1) is 32.1. The molecular weight excluding hydrogens is 671 g/mol. The lowest BCUT2D eigenvalue weighted by Gasteiger charge is -2.11. The molecule has 1 unspecified atom stereocenters. The van der Waals surface area contributed by atoms with Gasteiger partial charge in [0.1, 0.15) is 10.6 Å². The Balaban J connectivity index is 1.61. The minimum Gasteiger partial charge on any atom is -0.505 e. The van der Waals surface area contributed by atoms with Crippen molar-refractivity contribution in [3.05, 3.63) is 72.8 Å². The molecule has 15 nitrogen and oxygen atoms in total. The molecule has 0 bridgehead atoms. The number of rotatable bonds is 8. The second kappa shape index (κ2) is 12.2. The van der Waals surface area contributed by atoms with Crippen molar-refractivity contribution in [3.63, 3.8) is 0 Å². The fraction of sp³-hybridized carbons (Fsp3) is 0. The number of benzene rings is 5.